The van der Waals surface area contributed by atoms with Gasteiger partial charge in [-0.25, -0.2) is 0 Å². The number of morpholine rings is 1. The predicted molar refractivity (Wildman–Crippen MR) is 75.2 cm³/mol. The van der Waals surface area contributed by atoms with Crippen LogP contribution in [-0.2, 0) is 4.74 Å². The van der Waals surface area contributed by atoms with E-state index in [1.54, 1.807) is 17.0 Å². The quantitative estimate of drug-likeness (QED) is 0.804. The van der Waals surface area contributed by atoms with Crippen LogP contribution in [0.15, 0.2) is 22.7 Å². The van der Waals surface area contributed by atoms with Crippen molar-refractivity contribution in [1.29, 1.82) is 0 Å². The molecule has 1 aromatic rings. The number of alkyl halides is 1. The van der Waals surface area contributed by atoms with Crippen molar-refractivity contribution in [3.63, 3.8) is 0 Å². The third-order valence-electron chi connectivity index (χ3n) is 2.79. The van der Waals surface area contributed by atoms with Gasteiger partial charge in [0.25, 0.3) is 5.91 Å². The number of rotatable bonds is 2. The highest BCUT2D eigenvalue weighted by atomic mass is 79.9. The molecule has 0 aromatic heterocycles. The van der Waals surface area contributed by atoms with Gasteiger partial charge in [-0.15, -0.1) is 0 Å². The maximum atomic E-state index is 12.3. The number of hydrogen-bond acceptors (Lipinski definition) is 3. The van der Waals surface area contributed by atoms with Gasteiger partial charge in [0.2, 0.25) is 0 Å². The summed E-state index contributed by atoms with van der Waals surface area (Å²) in [4.78, 5) is 14.0. The number of carbonyl (C=O) groups is 1. The molecule has 18 heavy (non-hydrogen) atoms. The lowest BCUT2D eigenvalue weighted by Crippen LogP contribution is -2.46. The largest absolute Gasteiger partial charge is 0.507 e. The minimum Gasteiger partial charge on any atom is -0.507 e. The maximum absolute atomic E-state index is 12.3. The molecule has 0 radical (unpaired) electrons. The standard InChI is InChI=1S/C12H13Br2NO3/c13-6-9-7-15(3-4-18-9)12(17)8-1-2-10(14)11(16)5-8/h1-2,5,9,16H,3-4,6-7H2. The van der Waals surface area contributed by atoms with Gasteiger partial charge in [-0.3, -0.25) is 4.79 Å². The second kappa shape index (κ2) is 6.04. The maximum Gasteiger partial charge on any atom is 0.254 e. The van der Waals surface area contributed by atoms with Gasteiger partial charge in [-0.2, -0.15) is 0 Å². The molecule has 2 rings (SSSR count). The molecule has 1 aliphatic rings. The molecule has 98 valence electrons. The van der Waals surface area contributed by atoms with Crippen LogP contribution in [-0.4, -0.2) is 47.0 Å². The molecular weight excluding hydrogens is 366 g/mol. The Morgan fingerprint density at radius 3 is 3.00 bits per heavy atom. The van der Waals surface area contributed by atoms with Crippen molar-refractivity contribution < 1.29 is 14.6 Å². The van der Waals surface area contributed by atoms with Crippen molar-refractivity contribution in [2.75, 3.05) is 25.0 Å². The summed E-state index contributed by atoms with van der Waals surface area (Å²) in [6.07, 6.45) is 0.0340. The van der Waals surface area contributed by atoms with Crippen LogP contribution in [0.25, 0.3) is 0 Å². The molecule has 1 heterocycles. The Bertz CT molecular complexity index is 453. The lowest BCUT2D eigenvalue weighted by Gasteiger charge is -2.32. The second-order valence-electron chi connectivity index (χ2n) is 4.06. The molecule has 1 saturated heterocycles. The molecule has 0 saturated carbocycles. The number of ether oxygens (including phenoxy) is 1. The highest BCUT2D eigenvalue weighted by Gasteiger charge is 2.24. The molecule has 4 nitrogen and oxygen atoms in total. The van der Waals surface area contributed by atoms with E-state index >= 15 is 0 Å². The SMILES string of the molecule is O=C(c1ccc(Br)c(O)c1)N1CCOC(CBr)C1. The first-order valence-electron chi connectivity index (χ1n) is 5.57. The zero-order valence-electron chi connectivity index (χ0n) is 9.60. The number of halogens is 2. The van der Waals surface area contributed by atoms with Gasteiger partial charge < -0.3 is 14.7 Å². The molecule has 1 amide bonds. The van der Waals surface area contributed by atoms with Gasteiger partial charge in [0.15, 0.2) is 0 Å². The smallest absolute Gasteiger partial charge is 0.254 e. The van der Waals surface area contributed by atoms with E-state index < -0.39 is 0 Å². The van der Waals surface area contributed by atoms with Crippen molar-refractivity contribution >= 4 is 37.8 Å². The molecule has 0 aliphatic carbocycles. The highest BCUT2D eigenvalue weighted by Crippen LogP contribution is 2.25. The molecule has 0 spiro atoms. The third-order valence-corrected chi connectivity index (χ3v) is 4.18. The fourth-order valence-electron chi connectivity index (χ4n) is 1.83. The number of benzene rings is 1. The Morgan fingerprint density at radius 1 is 1.56 bits per heavy atom. The van der Waals surface area contributed by atoms with Crippen LogP contribution in [0.5, 0.6) is 5.75 Å². The van der Waals surface area contributed by atoms with Crippen LogP contribution in [0.2, 0.25) is 0 Å². The zero-order valence-corrected chi connectivity index (χ0v) is 12.8. The Kier molecular flexibility index (Phi) is 4.64. The molecular formula is C12H13Br2NO3. The third kappa shape index (κ3) is 3.05. The van der Waals surface area contributed by atoms with Crippen molar-refractivity contribution in [3.05, 3.63) is 28.2 Å². The van der Waals surface area contributed by atoms with Crippen LogP contribution < -0.4 is 0 Å². The van der Waals surface area contributed by atoms with Crippen molar-refractivity contribution in [2.24, 2.45) is 0 Å². The normalized spacial score (nSPS) is 19.9. The van der Waals surface area contributed by atoms with Crippen molar-refractivity contribution in [1.82, 2.24) is 4.90 Å². The van der Waals surface area contributed by atoms with E-state index in [0.717, 1.165) is 0 Å². The van der Waals surface area contributed by atoms with Gasteiger partial charge >= 0.3 is 0 Å². The molecule has 6 heteroatoms. The van der Waals surface area contributed by atoms with Crippen LogP contribution in [0, 0.1) is 0 Å². The molecule has 1 atom stereocenters. The van der Waals surface area contributed by atoms with E-state index in [1.807, 2.05) is 0 Å². The Labute approximate surface area is 122 Å². The van der Waals surface area contributed by atoms with Gasteiger partial charge in [0.1, 0.15) is 5.75 Å². The lowest BCUT2D eigenvalue weighted by atomic mass is 10.1. The minimum atomic E-state index is -0.0768. The predicted octanol–water partition coefficient (Wildman–Crippen LogP) is 2.39. The van der Waals surface area contributed by atoms with Crippen LogP contribution in [0.4, 0.5) is 0 Å². The number of phenols is 1. The molecule has 1 unspecified atom stereocenters. The van der Waals surface area contributed by atoms with Gasteiger partial charge in [-0.1, -0.05) is 15.9 Å². The topological polar surface area (TPSA) is 49.8 Å². The average molecular weight is 379 g/mol. The summed E-state index contributed by atoms with van der Waals surface area (Å²) in [6, 6.07) is 4.85. The number of amides is 1. The van der Waals surface area contributed by atoms with Crippen molar-refractivity contribution in [3.8, 4) is 5.75 Å². The van der Waals surface area contributed by atoms with E-state index in [0.29, 0.717) is 35.1 Å². The first kappa shape index (κ1) is 13.8. The van der Waals surface area contributed by atoms with E-state index in [4.69, 9.17) is 4.74 Å². The first-order valence-corrected chi connectivity index (χ1v) is 7.48. The van der Waals surface area contributed by atoms with E-state index in [2.05, 4.69) is 31.9 Å². The minimum absolute atomic E-state index is 0.0340. The van der Waals surface area contributed by atoms with Gasteiger partial charge in [-0.05, 0) is 34.1 Å². The van der Waals surface area contributed by atoms with Gasteiger partial charge in [0.05, 0.1) is 17.2 Å². The summed E-state index contributed by atoms with van der Waals surface area (Å²) in [5.41, 5.74) is 0.492. The summed E-state index contributed by atoms with van der Waals surface area (Å²) in [7, 11) is 0. The molecule has 1 aromatic carbocycles. The summed E-state index contributed by atoms with van der Waals surface area (Å²) < 4.78 is 6.07. The molecule has 1 fully saturated rings. The zero-order chi connectivity index (χ0) is 13.1. The molecule has 1 N–H and O–H groups in total. The number of nitrogens with zero attached hydrogens (tertiary/aromatic N) is 1. The van der Waals surface area contributed by atoms with Crippen molar-refractivity contribution in [2.45, 2.75) is 6.10 Å². The van der Waals surface area contributed by atoms with E-state index in [-0.39, 0.29) is 17.8 Å². The van der Waals surface area contributed by atoms with Crippen LogP contribution >= 0.6 is 31.9 Å². The average Bonchev–Trinajstić information content (AvgIpc) is 2.41. The lowest BCUT2D eigenvalue weighted by molar-refractivity contribution is -0.00965. The van der Waals surface area contributed by atoms with E-state index in [1.165, 1.54) is 6.07 Å². The van der Waals surface area contributed by atoms with Gasteiger partial charge in [0, 0.05) is 24.0 Å². The fraction of sp³-hybridized carbons (Fsp3) is 0.417. The first-order chi connectivity index (χ1) is 8.61. The Balaban J connectivity index is 2.12. The van der Waals surface area contributed by atoms with E-state index in [9.17, 15) is 9.90 Å². The Hall–Kier alpha value is -0.590. The van der Waals surface area contributed by atoms with Crippen LogP contribution in [0.3, 0.4) is 0 Å². The summed E-state index contributed by atoms with van der Waals surface area (Å²) in [5.74, 6) is -0.00167. The number of phenolic OH excluding ortho intramolecular Hbond substituents is 1. The summed E-state index contributed by atoms with van der Waals surface area (Å²) >= 11 is 6.55. The highest BCUT2D eigenvalue weighted by molar-refractivity contribution is 9.10. The summed E-state index contributed by atoms with van der Waals surface area (Å²) in [5, 5.41) is 10.3. The summed E-state index contributed by atoms with van der Waals surface area (Å²) in [6.45, 7) is 1.70. The number of aromatic hydroxyl groups is 1. The second-order valence-corrected chi connectivity index (χ2v) is 5.57. The monoisotopic (exact) mass is 377 g/mol. The van der Waals surface area contributed by atoms with Crippen LogP contribution in [0.1, 0.15) is 10.4 Å². The molecule has 0 bridgehead atoms. The number of hydrogen-bond donors (Lipinski definition) is 1. The number of carbonyl (C=O) groups excluding carboxylic acids is 1. The Morgan fingerprint density at radius 2 is 2.33 bits per heavy atom. The fourth-order valence-corrected chi connectivity index (χ4v) is 2.46. The molecule has 1 aliphatic heterocycles.